The summed E-state index contributed by atoms with van der Waals surface area (Å²) in [5.41, 5.74) is 1.85. The van der Waals surface area contributed by atoms with Crippen molar-refractivity contribution >= 4 is 5.91 Å². The van der Waals surface area contributed by atoms with Crippen LogP contribution in [0.15, 0.2) is 42.5 Å². The number of halogens is 2. The van der Waals surface area contributed by atoms with E-state index in [2.05, 4.69) is 10.1 Å². The van der Waals surface area contributed by atoms with Crippen LogP contribution in [0.3, 0.4) is 0 Å². The Morgan fingerprint density at radius 2 is 1.84 bits per heavy atom. The van der Waals surface area contributed by atoms with Gasteiger partial charge in [0.1, 0.15) is 0 Å². The molecule has 0 aliphatic heterocycles. The van der Waals surface area contributed by atoms with E-state index in [1.165, 1.54) is 25.3 Å². The van der Waals surface area contributed by atoms with Crippen molar-refractivity contribution in [3.05, 3.63) is 59.2 Å². The van der Waals surface area contributed by atoms with E-state index in [1.807, 2.05) is 19.1 Å². The molecular formula is C18H19F2NO4. The van der Waals surface area contributed by atoms with Crippen molar-refractivity contribution in [3.63, 3.8) is 0 Å². The third kappa shape index (κ3) is 5.15. The zero-order chi connectivity index (χ0) is 18.4. The van der Waals surface area contributed by atoms with Crippen LogP contribution in [0.4, 0.5) is 8.78 Å². The van der Waals surface area contributed by atoms with Crippen molar-refractivity contribution in [2.45, 2.75) is 19.6 Å². The van der Waals surface area contributed by atoms with Gasteiger partial charge in [-0.15, -0.1) is 0 Å². The highest BCUT2D eigenvalue weighted by atomic mass is 19.3. The molecule has 2 aromatic rings. The summed E-state index contributed by atoms with van der Waals surface area (Å²) in [5.74, 6) is -0.659. The van der Waals surface area contributed by atoms with Crippen LogP contribution in [0.1, 0.15) is 27.6 Å². The number of aliphatic hydroxyl groups is 1. The monoisotopic (exact) mass is 351 g/mol. The third-order valence-electron chi connectivity index (χ3n) is 3.56. The maximum atomic E-state index is 12.4. The highest BCUT2D eigenvalue weighted by Gasteiger charge is 2.15. The number of aryl methyl sites for hydroxylation is 1. The van der Waals surface area contributed by atoms with Crippen LogP contribution in [0.25, 0.3) is 0 Å². The molecule has 0 fully saturated rings. The molecule has 0 saturated heterocycles. The average molecular weight is 351 g/mol. The number of methoxy groups -OCH3 is 1. The maximum absolute atomic E-state index is 12.4. The van der Waals surface area contributed by atoms with Crippen LogP contribution in [-0.2, 0) is 0 Å². The van der Waals surface area contributed by atoms with Gasteiger partial charge in [0.25, 0.3) is 5.91 Å². The number of nitrogens with one attached hydrogen (secondary N) is 1. The number of alkyl halides is 2. The zero-order valence-electron chi connectivity index (χ0n) is 13.8. The Balaban J connectivity index is 2.03. The normalized spacial score (nSPS) is 11.9. The molecule has 1 atom stereocenters. The minimum Gasteiger partial charge on any atom is -0.493 e. The lowest BCUT2D eigenvalue weighted by Gasteiger charge is -2.14. The fourth-order valence-electron chi connectivity index (χ4n) is 2.20. The smallest absolute Gasteiger partial charge is 0.387 e. The number of carbonyl (C=O) groups is 1. The Morgan fingerprint density at radius 1 is 1.16 bits per heavy atom. The Bertz CT molecular complexity index is 720. The van der Waals surface area contributed by atoms with E-state index in [1.54, 1.807) is 12.1 Å². The van der Waals surface area contributed by atoms with Crippen LogP contribution in [0.2, 0.25) is 0 Å². The molecular weight excluding hydrogens is 332 g/mol. The summed E-state index contributed by atoms with van der Waals surface area (Å²) in [4.78, 5) is 12.2. The van der Waals surface area contributed by atoms with Crippen molar-refractivity contribution in [3.8, 4) is 11.5 Å². The number of aliphatic hydroxyl groups excluding tert-OH is 1. The lowest BCUT2D eigenvalue weighted by Crippen LogP contribution is -2.28. The second-order valence-corrected chi connectivity index (χ2v) is 5.38. The maximum Gasteiger partial charge on any atom is 0.387 e. The van der Waals surface area contributed by atoms with E-state index < -0.39 is 18.6 Å². The number of ether oxygens (including phenoxy) is 2. The molecule has 1 amide bonds. The van der Waals surface area contributed by atoms with Crippen molar-refractivity contribution in [1.82, 2.24) is 5.32 Å². The van der Waals surface area contributed by atoms with Gasteiger partial charge >= 0.3 is 6.61 Å². The number of carbonyl (C=O) groups excluding carboxylic acids is 1. The number of rotatable bonds is 7. The standard InChI is InChI=1S/C18H19F2NO4/c1-11-3-5-12(6-4-11)14(22)10-21-17(23)13-7-8-15(24-2)16(9-13)25-18(19)20/h3-9,14,18,22H,10H2,1-2H3,(H,21,23)/t14-/m1/s1. The first-order chi connectivity index (χ1) is 11.9. The fourth-order valence-corrected chi connectivity index (χ4v) is 2.20. The lowest BCUT2D eigenvalue weighted by atomic mass is 10.1. The Kier molecular flexibility index (Phi) is 6.30. The van der Waals surface area contributed by atoms with Gasteiger partial charge in [0, 0.05) is 12.1 Å². The van der Waals surface area contributed by atoms with Gasteiger partial charge in [-0.25, -0.2) is 0 Å². The van der Waals surface area contributed by atoms with Crippen LogP contribution in [-0.4, -0.2) is 31.3 Å². The Morgan fingerprint density at radius 3 is 2.44 bits per heavy atom. The van der Waals surface area contributed by atoms with Gasteiger partial charge in [0.05, 0.1) is 13.2 Å². The second kappa shape index (κ2) is 8.43. The molecule has 0 heterocycles. The molecule has 0 aliphatic carbocycles. The molecule has 7 heteroatoms. The molecule has 0 spiro atoms. The molecule has 0 bridgehead atoms. The van der Waals surface area contributed by atoms with Crippen LogP contribution in [0.5, 0.6) is 11.5 Å². The van der Waals surface area contributed by atoms with E-state index >= 15 is 0 Å². The lowest BCUT2D eigenvalue weighted by molar-refractivity contribution is -0.0512. The molecule has 0 unspecified atom stereocenters. The van der Waals surface area contributed by atoms with Gasteiger partial charge in [-0.3, -0.25) is 4.79 Å². The molecule has 0 aliphatic rings. The first kappa shape index (κ1) is 18.7. The molecule has 134 valence electrons. The van der Waals surface area contributed by atoms with Crippen LogP contribution >= 0.6 is 0 Å². The predicted molar refractivity (Wildman–Crippen MR) is 88.1 cm³/mol. The van der Waals surface area contributed by atoms with E-state index in [4.69, 9.17) is 4.74 Å². The largest absolute Gasteiger partial charge is 0.493 e. The highest BCUT2D eigenvalue weighted by molar-refractivity contribution is 5.94. The van der Waals surface area contributed by atoms with E-state index in [0.29, 0.717) is 5.56 Å². The number of amides is 1. The SMILES string of the molecule is COc1ccc(C(=O)NC[C@@H](O)c2ccc(C)cc2)cc1OC(F)F. The zero-order valence-corrected chi connectivity index (χ0v) is 13.8. The average Bonchev–Trinajstić information content (AvgIpc) is 2.59. The minimum absolute atomic E-state index is 0.0149. The van der Waals surface area contributed by atoms with Crippen LogP contribution in [0, 0.1) is 6.92 Å². The van der Waals surface area contributed by atoms with Crippen molar-refractivity contribution in [2.24, 2.45) is 0 Å². The first-order valence-corrected chi connectivity index (χ1v) is 7.56. The highest BCUT2D eigenvalue weighted by Crippen LogP contribution is 2.29. The summed E-state index contributed by atoms with van der Waals surface area (Å²) in [5, 5.41) is 12.7. The van der Waals surface area contributed by atoms with Gasteiger partial charge in [0.15, 0.2) is 11.5 Å². The van der Waals surface area contributed by atoms with E-state index in [-0.39, 0.29) is 23.6 Å². The molecule has 0 saturated carbocycles. The third-order valence-corrected chi connectivity index (χ3v) is 3.56. The summed E-state index contributed by atoms with van der Waals surface area (Å²) >= 11 is 0. The molecule has 0 radical (unpaired) electrons. The van der Waals surface area contributed by atoms with Gasteiger partial charge in [-0.05, 0) is 30.7 Å². The summed E-state index contributed by atoms with van der Waals surface area (Å²) in [6.07, 6.45) is -0.875. The van der Waals surface area contributed by atoms with E-state index in [9.17, 15) is 18.7 Å². The van der Waals surface area contributed by atoms with Gasteiger partial charge in [0.2, 0.25) is 0 Å². The van der Waals surface area contributed by atoms with Crippen molar-refractivity contribution in [2.75, 3.05) is 13.7 Å². The van der Waals surface area contributed by atoms with Crippen molar-refractivity contribution < 1.29 is 28.2 Å². The number of hydrogen-bond acceptors (Lipinski definition) is 4. The summed E-state index contributed by atoms with van der Waals surface area (Å²) in [6.45, 7) is -1.12. The van der Waals surface area contributed by atoms with E-state index in [0.717, 1.165) is 5.56 Å². The first-order valence-electron chi connectivity index (χ1n) is 7.56. The summed E-state index contributed by atoms with van der Waals surface area (Å²) < 4.78 is 34.1. The summed E-state index contributed by atoms with van der Waals surface area (Å²) in [6, 6.07) is 11.2. The van der Waals surface area contributed by atoms with Gasteiger partial charge < -0.3 is 19.9 Å². The second-order valence-electron chi connectivity index (χ2n) is 5.38. The molecule has 0 aromatic heterocycles. The molecule has 25 heavy (non-hydrogen) atoms. The topological polar surface area (TPSA) is 67.8 Å². The Labute approximate surface area is 144 Å². The summed E-state index contributed by atoms with van der Waals surface area (Å²) in [7, 11) is 1.31. The molecule has 5 nitrogen and oxygen atoms in total. The minimum atomic E-state index is -3.03. The van der Waals surface area contributed by atoms with Crippen molar-refractivity contribution in [1.29, 1.82) is 0 Å². The van der Waals surface area contributed by atoms with Crippen LogP contribution < -0.4 is 14.8 Å². The number of hydrogen-bond donors (Lipinski definition) is 2. The fraction of sp³-hybridized carbons (Fsp3) is 0.278. The predicted octanol–water partition coefficient (Wildman–Crippen LogP) is 3.07. The van der Waals surface area contributed by atoms with Gasteiger partial charge in [-0.2, -0.15) is 8.78 Å². The molecule has 2 aromatic carbocycles. The Hall–Kier alpha value is -2.67. The molecule has 2 N–H and O–H groups in total. The molecule has 2 rings (SSSR count). The quantitative estimate of drug-likeness (QED) is 0.804. The number of benzene rings is 2. The van der Waals surface area contributed by atoms with Gasteiger partial charge in [-0.1, -0.05) is 29.8 Å².